The van der Waals surface area contributed by atoms with Crippen molar-refractivity contribution in [1.29, 1.82) is 0 Å². The van der Waals surface area contributed by atoms with Crippen LogP contribution in [-0.2, 0) is 11.3 Å². The zero-order chi connectivity index (χ0) is 17.8. The zero-order valence-electron chi connectivity index (χ0n) is 13.9. The predicted octanol–water partition coefficient (Wildman–Crippen LogP) is 2.59. The average Bonchev–Trinajstić information content (AvgIpc) is 2.59. The summed E-state index contributed by atoms with van der Waals surface area (Å²) in [5, 5.41) is 12.1. The molecular weight excluding hydrogens is 320 g/mol. The second-order valence-electron chi connectivity index (χ2n) is 5.96. The van der Waals surface area contributed by atoms with Crippen LogP contribution in [0.5, 0.6) is 0 Å². The molecule has 0 aromatic heterocycles. The van der Waals surface area contributed by atoms with Crippen molar-refractivity contribution in [3.63, 3.8) is 0 Å². The normalized spacial score (nSPS) is 14.0. The predicted molar refractivity (Wildman–Crippen MR) is 93.4 cm³/mol. The van der Waals surface area contributed by atoms with Crippen LogP contribution in [0.1, 0.15) is 15.9 Å². The lowest BCUT2D eigenvalue weighted by atomic mass is 9.98. The molecular formula is C19H20N2O4. The van der Waals surface area contributed by atoms with Crippen molar-refractivity contribution in [3.8, 4) is 11.1 Å². The molecule has 1 aliphatic rings. The van der Waals surface area contributed by atoms with Crippen LogP contribution in [0.15, 0.2) is 48.5 Å². The number of carboxylic acids is 1. The maximum absolute atomic E-state index is 12.1. The van der Waals surface area contributed by atoms with Gasteiger partial charge in [-0.05, 0) is 28.8 Å². The van der Waals surface area contributed by atoms with Crippen LogP contribution in [-0.4, -0.2) is 48.3 Å². The molecule has 6 heteroatoms. The molecule has 0 unspecified atom stereocenters. The quantitative estimate of drug-likeness (QED) is 0.877. The summed E-state index contributed by atoms with van der Waals surface area (Å²) in [7, 11) is 1.64. The number of benzene rings is 2. The van der Waals surface area contributed by atoms with E-state index in [1.165, 1.54) is 0 Å². The van der Waals surface area contributed by atoms with Crippen LogP contribution in [0.25, 0.3) is 11.1 Å². The smallest absolute Gasteiger partial charge is 0.335 e. The Hall–Kier alpha value is -2.86. The Morgan fingerprint density at radius 1 is 1.20 bits per heavy atom. The van der Waals surface area contributed by atoms with E-state index in [4.69, 9.17) is 9.84 Å². The number of nitrogens with one attached hydrogen (secondary N) is 1. The molecule has 3 rings (SSSR count). The molecule has 25 heavy (non-hydrogen) atoms. The average molecular weight is 340 g/mol. The van der Waals surface area contributed by atoms with Crippen molar-refractivity contribution in [2.75, 3.05) is 20.2 Å². The number of hydrogen-bond acceptors (Lipinski definition) is 3. The summed E-state index contributed by atoms with van der Waals surface area (Å²) in [6.45, 7) is 1.58. The van der Waals surface area contributed by atoms with E-state index in [-0.39, 0.29) is 17.7 Å². The minimum Gasteiger partial charge on any atom is -0.478 e. The Kier molecular flexibility index (Phi) is 5.00. The number of carboxylic acid groups (broad SMARTS) is 1. The third kappa shape index (κ3) is 3.80. The Bertz CT molecular complexity index is 784. The lowest BCUT2D eigenvalue weighted by Crippen LogP contribution is -2.57. The number of carbonyl (C=O) groups excluding carboxylic acids is 1. The number of urea groups is 1. The van der Waals surface area contributed by atoms with Gasteiger partial charge in [-0.2, -0.15) is 0 Å². The van der Waals surface area contributed by atoms with Gasteiger partial charge in [0, 0.05) is 13.7 Å². The van der Waals surface area contributed by atoms with Gasteiger partial charge in [-0.1, -0.05) is 36.4 Å². The molecule has 6 nitrogen and oxygen atoms in total. The monoisotopic (exact) mass is 340 g/mol. The van der Waals surface area contributed by atoms with Crippen LogP contribution in [0.2, 0.25) is 0 Å². The number of methoxy groups -OCH3 is 1. The summed E-state index contributed by atoms with van der Waals surface area (Å²) in [6, 6.07) is 14.3. The molecule has 0 spiro atoms. The number of likely N-dealkylation sites (tertiary alicyclic amines) is 1. The van der Waals surface area contributed by atoms with Gasteiger partial charge >= 0.3 is 12.0 Å². The van der Waals surface area contributed by atoms with Crippen molar-refractivity contribution in [3.05, 3.63) is 59.7 Å². The van der Waals surface area contributed by atoms with Crippen LogP contribution in [0.4, 0.5) is 4.79 Å². The third-order valence-electron chi connectivity index (χ3n) is 4.34. The van der Waals surface area contributed by atoms with Gasteiger partial charge in [0.2, 0.25) is 0 Å². The fourth-order valence-corrected chi connectivity index (χ4v) is 2.81. The lowest BCUT2D eigenvalue weighted by Gasteiger charge is -2.37. The largest absolute Gasteiger partial charge is 0.478 e. The summed E-state index contributed by atoms with van der Waals surface area (Å²) in [4.78, 5) is 25.0. The third-order valence-corrected chi connectivity index (χ3v) is 4.34. The van der Waals surface area contributed by atoms with E-state index < -0.39 is 5.97 Å². The molecule has 2 aromatic rings. The number of aromatic carboxylic acids is 1. The molecule has 0 radical (unpaired) electrons. The molecule has 0 atom stereocenters. The van der Waals surface area contributed by atoms with Crippen molar-refractivity contribution in [1.82, 2.24) is 10.2 Å². The fourth-order valence-electron chi connectivity index (χ4n) is 2.81. The first-order chi connectivity index (χ1) is 12.1. The highest BCUT2D eigenvalue weighted by atomic mass is 16.5. The molecule has 2 amide bonds. The highest BCUT2D eigenvalue weighted by Crippen LogP contribution is 2.25. The summed E-state index contributed by atoms with van der Waals surface area (Å²) in [6.07, 6.45) is 0.122. The fraction of sp³-hybridized carbons (Fsp3) is 0.263. The zero-order valence-corrected chi connectivity index (χ0v) is 13.9. The van der Waals surface area contributed by atoms with Crippen molar-refractivity contribution < 1.29 is 19.4 Å². The number of nitrogens with zero attached hydrogens (tertiary/aromatic N) is 1. The number of ether oxygens (including phenoxy) is 1. The van der Waals surface area contributed by atoms with Crippen molar-refractivity contribution in [2.45, 2.75) is 12.6 Å². The van der Waals surface area contributed by atoms with Gasteiger partial charge < -0.3 is 20.1 Å². The number of hydrogen-bond donors (Lipinski definition) is 2. The van der Waals surface area contributed by atoms with Gasteiger partial charge in [-0.25, -0.2) is 9.59 Å². The summed E-state index contributed by atoms with van der Waals surface area (Å²) >= 11 is 0. The van der Waals surface area contributed by atoms with Crippen LogP contribution >= 0.6 is 0 Å². The SMILES string of the molecule is COC1CN(C(=O)NCc2ccccc2-c2cccc(C(=O)O)c2)C1. The molecule has 1 fully saturated rings. The second kappa shape index (κ2) is 7.36. The molecule has 2 aromatic carbocycles. The Labute approximate surface area is 146 Å². The van der Waals surface area contributed by atoms with E-state index in [2.05, 4.69) is 5.32 Å². The Morgan fingerprint density at radius 3 is 2.68 bits per heavy atom. The number of carbonyl (C=O) groups is 2. The van der Waals surface area contributed by atoms with Gasteiger partial charge in [0.05, 0.1) is 24.8 Å². The molecule has 0 saturated carbocycles. The van der Waals surface area contributed by atoms with Crippen molar-refractivity contribution >= 4 is 12.0 Å². The Morgan fingerprint density at radius 2 is 1.96 bits per heavy atom. The van der Waals surface area contributed by atoms with Gasteiger partial charge in [-0.15, -0.1) is 0 Å². The summed E-state index contributed by atoms with van der Waals surface area (Å²) in [5.41, 5.74) is 2.89. The lowest BCUT2D eigenvalue weighted by molar-refractivity contribution is -0.00770. The first kappa shape index (κ1) is 17.0. The topological polar surface area (TPSA) is 78.9 Å². The molecule has 1 saturated heterocycles. The van der Waals surface area contributed by atoms with Crippen LogP contribution < -0.4 is 5.32 Å². The highest BCUT2D eigenvalue weighted by Gasteiger charge is 2.30. The Balaban J connectivity index is 1.72. The maximum atomic E-state index is 12.1. The van der Waals surface area contributed by atoms with Crippen LogP contribution in [0.3, 0.4) is 0 Å². The first-order valence-corrected chi connectivity index (χ1v) is 8.05. The minimum atomic E-state index is -0.960. The number of rotatable bonds is 5. The minimum absolute atomic E-state index is 0.122. The van der Waals surface area contributed by atoms with E-state index in [1.54, 1.807) is 30.2 Å². The summed E-state index contributed by atoms with van der Waals surface area (Å²) < 4.78 is 5.17. The van der Waals surface area contributed by atoms with Gasteiger partial charge in [0.25, 0.3) is 0 Å². The molecule has 0 bridgehead atoms. The van der Waals surface area contributed by atoms with E-state index in [1.807, 2.05) is 30.3 Å². The van der Waals surface area contributed by atoms with Gasteiger partial charge in [0.15, 0.2) is 0 Å². The van der Waals surface area contributed by atoms with E-state index in [0.717, 1.165) is 16.7 Å². The number of amides is 2. The van der Waals surface area contributed by atoms with E-state index in [9.17, 15) is 9.59 Å². The standard InChI is InChI=1S/C19H20N2O4/c1-25-16-11-21(12-16)19(24)20-10-15-5-2-3-8-17(15)13-6-4-7-14(9-13)18(22)23/h2-9,16H,10-12H2,1H3,(H,20,24)(H,22,23). The molecule has 2 N–H and O–H groups in total. The van der Waals surface area contributed by atoms with Gasteiger partial charge in [0.1, 0.15) is 0 Å². The summed E-state index contributed by atoms with van der Waals surface area (Å²) in [5.74, 6) is -0.960. The van der Waals surface area contributed by atoms with E-state index in [0.29, 0.717) is 19.6 Å². The molecule has 0 aliphatic carbocycles. The van der Waals surface area contributed by atoms with E-state index >= 15 is 0 Å². The van der Waals surface area contributed by atoms with Crippen LogP contribution in [0, 0.1) is 0 Å². The molecule has 1 heterocycles. The first-order valence-electron chi connectivity index (χ1n) is 8.05. The second-order valence-corrected chi connectivity index (χ2v) is 5.96. The van der Waals surface area contributed by atoms with Gasteiger partial charge in [-0.3, -0.25) is 0 Å². The molecule has 1 aliphatic heterocycles. The highest BCUT2D eigenvalue weighted by molar-refractivity contribution is 5.89. The maximum Gasteiger partial charge on any atom is 0.335 e. The molecule has 130 valence electrons. The van der Waals surface area contributed by atoms with Crippen molar-refractivity contribution in [2.24, 2.45) is 0 Å².